The number of hydrogen-bond donors (Lipinski definition) is 0. The van der Waals surface area contributed by atoms with E-state index in [0.29, 0.717) is 5.57 Å². The van der Waals surface area contributed by atoms with Crippen molar-refractivity contribution in [2.75, 3.05) is 0 Å². The van der Waals surface area contributed by atoms with Crippen molar-refractivity contribution in [3.05, 3.63) is 22.8 Å². The van der Waals surface area contributed by atoms with Crippen LogP contribution in [0.3, 0.4) is 0 Å². The molecule has 0 N–H and O–H groups in total. The molecule has 0 saturated heterocycles. The predicted molar refractivity (Wildman–Crippen MR) is 64.3 cm³/mol. The molecule has 0 saturated carbocycles. The molecule has 84 valence electrons. The number of nitrogens with zero attached hydrogens (tertiary/aromatic N) is 2. The molecule has 1 rings (SSSR count). The molecule has 0 aromatic heterocycles. The third kappa shape index (κ3) is 2.74. The molecule has 0 bridgehead atoms. The van der Waals surface area contributed by atoms with Crippen molar-refractivity contribution >= 4 is 0 Å². The summed E-state index contributed by atoms with van der Waals surface area (Å²) in [5.74, 6) is 0. The second kappa shape index (κ2) is 4.99. The quantitative estimate of drug-likeness (QED) is 0.491. The van der Waals surface area contributed by atoms with Crippen molar-refractivity contribution in [3.63, 3.8) is 0 Å². The summed E-state index contributed by atoms with van der Waals surface area (Å²) in [6.07, 6.45) is 5.93. The van der Waals surface area contributed by atoms with Gasteiger partial charge >= 0.3 is 0 Å². The fourth-order valence-corrected chi connectivity index (χ4v) is 2.32. The molecule has 1 atom stereocenters. The molecule has 16 heavy (non-hydrogen) atoms. The Labute approximate surface area is 97.9 Å². The fraction of sp³-hybridized carbons (Fsp3) is 0.571. The van der Waals surface area contributed by atoms with E-state index in [4.69, 9.17) is 10.5 Å². The maximum Gasteiger partial charge on any atom is 0.129 e. The second-order valence-electron chi connectivity index (χ2n) is 4.97. The molecule has 0 aromatic rings. The Balaban J connectivity index is 3.14. The Bertz CT molecular complexity index is 399. The van der Waals surface area contributed by atoms with E-state index in [0.717, 1.165) is 31.3 Å². The maximum absolute atomic E-state index is 8.93. The lowest BCUT2D eigenvalue weighted by atomic mass is 9.77. The summed E-state index contributed by atoms with van der Waals surface area (Å²) in [4.78, 5) is 0. The van der Waals surface area contributed by atoms with Crippen molar-refractivity contribution in [1.29, 1.82) is 10.5 Å². The Morgan fingerprint density at radius 3 is 2.50 bits per heavy atom. The molecular weight excluding hydrogens is 196 g/mol. The molecule has 1 aliphatic carbocycles. The van der Waals surface area contributed by atoms with Crippen molar-refractivity contribution in [1.82, 2.24) is 0 Å². The first kappa shape index (κ1) is 12.5. The highest BCUT2D eigenvalue weighted by atomic mass is 14.3. The molecule has 0 aliphatic heterocycles. The zero-order chi connectivity index (χ0) is 12.2. The van der Waals surface area contributed by atoms with Gasteiger partial charge in [0.25, 0.3) is 0 Å². The lowest BCUT2D eigenvalue weighted by Crippen LogP contribution is -2.15. The van der Waals surface area contributed by atoms with Gasteiger partial charge in [-0.05, 0) is 37.2 Å². The second-order valence-corrected chi connectivity index (χ2v) is 4.97. The van der Waals surface area contributed by atoms with E-state index in [1.165, 1.54) is 5.57 Å². The Morgan fingerprint density at radius 1 is 1.38 bits per heavy atom. The van der Waals surface area contributed by atoms with Gasteiger partial charge in [-0.15, -0.1) is 0 Å². The van der Waals surface area contributed by atoms with Crippen LogP contribution < -0.4 is 0 Å². The van der Waals surface area contributed by atoms with Gasteiger partial charge < -0.3 is 0 Å². The molecule has 0 radical (unpaired) electrons. The van der Waals surface area contributed by atoms with Crippen molar-refractivity contribution in [2.24, 2.45) is 5.41 Å². The van der Waals surface area contributed by atoms with E-state index in [2.05, 4.69) is 26.8 Å². The normalized spacial score (nSPS) is 25.1. The number of hydrogen-bond acceptors (Lipinski definition) is 2. The largest absolute Gasteiger partial charge is 0.192 e. The number of allylic oxidation sites excluding steroid dienone is 4. The highest BCUT2D eigenvalue weighted by Crippen LogP contribution is 2.40. The zero-order valence-corrected chi connectivity index (χ0v) is 10.3. The van der Waals surface area contributed by atoms with Crippen LogP contribution >= 0.6 is 0 Å². The van der Waals surface area contributed by atoms with Crippen LogP contribution in [0.4, 0.5) is 0 Å². The molecule has 0 spiro atoms. The van der Waals surface area contributed by atoms with Crippen molar-refractivity contribution in [3.8, 4) is 12.1 Å². The van der Waals surface area contributed by atoms with Crippen LogP contribution in [-0.4, -0.2) is 0 Å². The lowest BCUT2D eigenvalue weighted by molar-refractivity contribution is 0.307. The fourth-order valence-electron chi connectivity index (χ4n) is 2.32. The summed E-state index contributed by atoms with van der Waals surface area (Å²) in [5, 5.41) is 17.9. The van der Waals surface area contributed by atoms with Gasteiger partial charge in [0.1, 0.15) is 17.7 Å². The standard InChI is InChI=1S/C14H18N2/c1-4-14(3)7-11(2)5-6-12(8-14)13(9-15)10-16/h5H,4,6-8H2,1-3H3. The van der Waals surface area contributed by atoms with Crippen LogP contribution in [0.1, 0.15) is 46.5 Å². The van der Waals surface area contributed by atoms with Crippen LogP contribution in [0.15, 0.2) is 22.8 Å². The monoisotopic (exact) mass is 214 g/mol. The predicted octanol–water partition coefficient (Wildman–Crippen LogP) is 3.88. The highest BCUT2D eigenvalue weighted by Gasteiger charge is 2.27. The van der Waals surface area contributed by atoms with E-state index >= 15 is 0 Å². The number of rotatable bonds is 1. The summed E-state index contributed by atoms with van der Waals surface area (Å²) in [7, 11) is 0. The molecule has 0 amide bonds. The van der Waals surface area contributed by atoms with E-state index in [9.17, 15) is 0 Å². The summed E-state index contributed by atoms with van der Waals surface area (Å²) in [6.45, 7) is 6.55. The van der Waals surface area contributed by atoms with Gasteiger partial charge in [0.2, 0.25) is 0 Å². The molecule has 0 aromatic carbocycles. The minimum atomic E-state index is 0.200. The average molecular weight is 214 g/mol. The first-order valence-corrected chi connectivity index (χ1v) is 5.72. The van der Waals surface area contributed by atoms with Crippen molar-refractivity contribution in [2.45, 2.75) is 46.5 Å². The summed E-state index contributed by atoms with van der Waals surface area (Å²) in [6, 6.07) is 4.03. The van der Waals surface area contributed by atoms with Crippen LogP contribution in [0.5, 0.6) is 0 Å². The zero-order valence-electron chi connectivity index (χ0n) is 10.3. The van der Waals surface area contributed by atoms with Crippen molar-refractivity contribution < 1.29 is 0 Å². The lowest BCUT2D eigenvalue weighted by Gasteiger charge is -2.27. The van der Waals surface area contributed by atoms with Gasteiger partial charge in [0.15, 0.2) is 0 Å². The number of nitriles is 2. The van der Waals surface area contributed by atoms with Crippen LogP contribution in [0, 0.1) is 28.1 Å². The molecule has 2 nitrogen and oxygen atoms in total. The SMILES string of the molecule is CCC1(C)CC(C)=CCC(=C(C#N)C#N)C1. The minimum absolute atomic E-state index is 0.200. The van der Waals surface area contributed by atoms with E-state index in [1.807, 2.05) is 12.1 Å². The Kier molecular flexibility index (Phi) is 3.91. The van der Waals surface area contributed by atoms with Gasteiger partial charge in [-0.2, -0.15) is 10.5 Å². The molecule has 0 fully saturated rings. The van der Waals surface area contributed by atoms with E-state index in [1.54, 1.807) is 0 Å². The third-order valence-corrected chi connectivity index (χ3v) is 3.47. The molecule has 1 aliphatic rings. The van der Waals surface area contributed by atoms with Gasteiger partial charge in [-0.3, -0.25) is 0 Å². The van der Waals surface area contributed by atoms with Crippen LogP contribution in [0.2, 0.25) is 0 Å². The molecule has 1 unspecified atom stereocenters. The van der Waals surface area contributed by atoms with Gasteiger partial charge in [-0.1, -0.05) is 31.9 Å². The minimum Gasteiger partial charge on any atom is -0.192 e. The van der Waals surface area contributed by atoms with Gasteiger partial charge in [0, 0.05) is 0 Å². The Morgan fingerprint density at radius 2 is 2.00 bits per heavy atom. The van der Waals surface area contributed by atoms with Crippen LogP contribution in [0.25, 0.3) is 0 Å². The smallest absolute Gasteiger partial charge is 0.129 e. The average Bonchev–Trinajstić information content (AvgIpc) is 2.41. The third-order valence-electron chi connectivity index (χ3n) is 3.47. The van der Waals surface area contributed by atoms with Crippen LogP contribution in [-0.2, 0) is 0 Å². The molecule has 0 heterocycles. The molecule has 2 heteroatoms. The summed E-state index contributed by atoms with van der Waals surface area (Å²) >= 11 is 0. The summed E-state index contributed by atoms with van der Waals surface area (Å²) < 4.78 is 0. The van der Waals surface area contributed by atoms with E-state index in [-0.39, 0.29) is 5.41 Å². The maximum atomic E-state index is 8.93. The van der Waals surface area contributed by atoms with Gasteiger partial charge in [-0.25, -0.2) is 0 Å². The first-order valence-electron chi connectivity index (χ1n) is 5.72. The van der Waals surface area contributed by atoms with E-state index < -0.39 is 0 Å². The Hall–Kier alpha value is -1.54. The highest BCUT2D eigenvalue weighted by molar-refractivity contribution is 5.42. The van der Waals surface area contributed by atoms with Gasteiger partial charge in [0.05, 0.1) is 0 Å². The molecular formula is C14H18N2. The topological polar surface area (TPSA) is 47.6 Å². The first-order chi connectivity index (χ1) is 7.54. The summed E-state index contributed by atoms with van der Waals surface area (Å²) in [5.41, 5.74) is 2.89.